The van der Waals surface area contributed by atoms with Gasteiger partial charge in [-0.25, -0.2) is 0 Å². The Morgan fingerprint density at radius 1 is 0.614 bits per heavy atom. The Balaban J connectivity index is 1.55. The first-order chi connectivity index (χ1) is 21.8. The smallest absolute Gasteiger partial charge is 0.0756 e. The average Bonchev–Trinajstić information content (AvgIpc) is 3.61. The van der Waals surface area contributed by atoms with E-state index in [1.165, 1.54) is 80.4 Å². The van der Waals surface area contributed by atoms with Gasteiger partial charge in [-0.15, -0.1) is 23.1 Å². The molecule has 0 fully saturated rings. The SMILES string of the molecule is CCCc1cc2c(cc1C1(c3ccccc3SC)c3ccccc3-n3c4ccccc4c4cccc1c43)sc1ccccc12. The number of benzene rings is 6. The molecule has 2 aromatic heterocycles. The molecule has 8 aromatic rings. The van der Waals surface area contributed by atoms with Gasteiger partial charge in [0.2, 0.25) is 0 Å². The first kappa shape index (κ1) is 26.1. The first-order valence-corrected chi connectivity index (χ1v) is 17.5. The molecule has 3 heteroatoms. The number of thiophene rings is 1. The lowest BCUT2D eigenvalue weighted by atomic mass is 9.61. The number of rotatable bonds is 5. The number of nitrogens with zero attached hydrogens (tertiary/aromatic N) is 1. The Bertz CT molecular complexity index is 2410. The molecule has 1 unspecified atom stereocenters. The Morgan fingerprint density at radius 3 is 2.18 bits per heavy atom. The van der Waals surface area contributed by atoms with E-state index in [-0.39, 0.29) is 0 Å². The van der Waals surface area contributed by atoms with E-state index in [0.717, 1.165) is 12.8 Å². The quantitative estimate of drug-likeness (QED) is 0.178. The molecule has 0 saturated carbocycles. The van der Waals surface area contributed by atoms with Gasteiger partial charge in [-0.3, -0.25) is 0 Å². The predicted octanol–water partition coefficient (Wildman–Crippen LogP) is 11.5. The third-order valence-electron chi connectivity index (χ3n) is 9.68. The molecule has 212 valence electrons. The lowest BCUT2D eigenvalue weighted by Crippen LogP contribution is -2.37. The number of fused-ring (bicyclic) bond motifs is 8. The fraction of sp³-hybridized carbons (Fsp3) is 0.122. The van der Waals surface area contributed by atoms with Crippen molar-refractivity contribution >= 4 is 65.1 Å². The molecular weight excluding hydrogens is 571 g/mol. The van der Waals surface area contributed by atoms with Crippen molar-refractivity contribution in [1.82, 2.24) is 4.57 Å². The summed E-state index contributed by atoms with van der Waals surface area (Å²) in [5.74, 6) is 0. The zero-order chi connectivity index (χ0) is 29.4. The van der Waals surface area contributed by atoms with Crippen molar-refractivity contribution in [3.63, 3.8) is 0 Å². The van der Waals surface area contributed by atoms with Crippen LogP contribution in [0.25, 0.3) is 47.7 Å². The van der Waals surface area contributed by atoms with Crippen LogP contribution in [0.1, 0.15) is 41.2 Å². The fourth-order valence-corrected chi connectivity index (χ4v) is 9.81. The maximum absolute atomic E-state index is 2.57. The summed E-state index contributed by atoms with van der Waals surface area (Å²) in [6, 6.07) is 48.3. The van der Waals surface area contributed by atoms with Crippen LogP contribution < -0.4 is 0 Å². The fourth-order valence-electron chi connectivity index (χ4n) is 8.02. The monoisotopic (exact) mass is 601 g/mol. The summed E-state index contributed by atoms with van der Waals surface area (Å²) in [6.07, 6.45) is 4.34. The molecule has 1 aliphatic heterocycles. The van der Waals surface area contributed by atoms with Crippen molar-refractivity contribution in [3.05, 3.63) is 155 Å². The number of aryl methyl sites for hydroxylation is 1. The van der Waals surface area contributed by atoms with Gasteiger partial charge in [0.25, 0.3) is 0 Å². The molecule has 1 nitrogen and oxygen atoms in total. The van der Waals surface area contributed by atoms with Crippen molar-refractivity contribution < 1.29 is 0 Å². The molecule has 0 bridgehead atoms. The highest BCUT2D eigenvalue weighted by Crippen LogP contribution is 2.57. The van der Waals surface area contributed by atoms with Gasteiger partial charge >= 0.3 is 0 Å². The van der Waals surface area contributed by atoms with E-state index in [9.17, 15) is 0 Å². The van der Waals surface area contributed by atoms with Gasteiger partial charge in [-0.2, -0.15) is 0 Å². The lowest BCUT2D eigenvalue weighted by Gasteiger charge is -2.43. The molecule has 9 rings (SSSR count). The van der Waals surface area contributed by atoms with Crippen LogP contribution in [0.15, 0.2) is 132 Å². The van der Waals surface area contributed by atoms with Crippen molar-refractivity contribution in [1.29, 1.82) is 0 Å². The highest BCUT2D eigenvalue weighted by Gasteiger charge is 2.47. The van der Waals surface area contributed by atoms with Crippen LogP contribution in [-0.4, -0.2) is 10.8 Å². The summed E-state index contributed by atoms with van der Waals surface area (Å²) in [5, 5.41) is 5.36. The highest BCUT2D eigenvalue weighted by molar-refractivity contribution is 7.98. The van der Waals surface area contributed by atoms with Gasteiger partial charge in [0, 0.05) is 35.8 Å². The van der Waals surface area contributed by atoms with E-state index in [0.29, 0.717) is 0 Å². The topological polar surface area (TPSA) is 4.93 Å². The Hall–Kier alpha value is -4.31. The summed E-state index contributed by atoms with van der Waals surface area (Å²) in [6.45, 7) is 2.32. The third kappa shape index (κ3) is 3.37. The van der Waals surface area contributed by atoms with Crippen molar-refractivity contribution in [2.45, 2.75) is 30.1 Å². The van der Waals surface area contributed by atoms with Gasteiger partial charge in [0.15, 0.2) is 0 Å². The van der Waals surface area contributed by atoms with E-state index in [4.69, 9.17) is 0 Å². The molecule has 0 N–H and O–H groups in total. The Labute approximate surface area is 265 Å². The van der Waals surface area contributed by atoms with Crippen LogP contribution >= 0.6 is 23.1 Å². The molecule has 0 amide bonds. The predicted molar refractivity (Wildman–Crippen MR) is 191 cm³/mol. The average molecular weight is 602 g/mol. The van der Waals surface area contributed by atoms with Crippen molar-refractivity contribution in [3.8, 4) is 5.69 Å². The second-order valence-corrected chi connectivity index (χ2v) is 13.8. The number of para-hydroxylation sites is 3. The minimum absolute atomic E-state index is 0.491. The van der Waals surface area contributed by atoms with Crippen LogP contribution in [0, 0.1) is 0 Å². The Kier molecular flexibility index (Phi) is 5.85. The molecule has 1 aliphatic rings. The van der Waals surface area contributed by atoms with E-state index in [1.54, 1.807) is 0 Å². The van der Waals surface area contributed by atoms with E-state index in [2.05, 4.69) is 145 Å². The summed E-state index contributed by atoms with van der Waals surface area (Å²) in [7, 11) is 0. The maximum Gasteiger partial charge on any atom is 0.0756 e. The van der Waals surface area contributed by atoms with Crippen LogP contribution in [0.4, 0.5) is 0 Å². The van der Waals surface area contributed by atoms with Gasteiger partial charge in [0.05, 0.1) is 22.1 Å². The molecule has 0 aliphatic carbocycles. The van der Waals surface area contributed by atoms with Gasteiger partial charge < -0.3 is 4.57 Å². The lowest BCUT2D eigenvalue weighted by molar-refractivity contribution is 0.699. The largest absolute Gasteiger partial charge is 0.309 e. The zero-order valence-corrected chi connectivity index (χ0v) is 26.4. The molecule has 0 radical (unpaired) electrons. The van der Waals surface area contributed by atoms with Gasteiger partial charge in [-0.05, 0) is 76.9 Å². The summed E-state index contributed by atoms with van der Waals surface area (Å²) in [5.41, 5.74) is 10.3. The first-order valence-electron chi connectivity index (χ1n) is 15.5. The third-order valence-corrected chi connectivity index (χ3v) is 11.6. The normalized spacial score (nSPS) is 15.9. The summed E-state index contributed by atoms with van der Waals surface area (Å²) in [4.78, 5) is 1.32. The van der Waals surface area contributed by atoms with Gasteiger partial charge in [-0.1, -0.05) is 104 Å². The standard InChI is InChI=1S/C41H31NS2/c1-3-13-26-24-30-28-15-5-10-22-37(28)44-39(30)25-34(26)41(32-18-7-11-23-38(32)43-2)31-17-6-9-21-36(31)42-35-20-8-4-14-27(35)29-16-12-19-33(41)40(29)42/h4-12,14-25H,3,13H2,1-2H3. The van der Waals surface area contributed by atoms with Crippen molar-refractivity contribution in [2.24, 2.45) is 0 Å². The zero-order valence-electron chi connectivity index (χ0n) is 24.8. The van der Waals surface area contributed by atoms with Gasteiger partial charge in [0.1, 0.15) is 0 Å². The number of thioether (sulfide) groups is 1. The highest BCUT2D eigenvalue weighted by atomic mass is 32.2. The molecule has 6 aromatic carbocycles. The molecule has 0 spiro atoms. The van der Waals surface area contributed by atoms with Crippen LogP contribution in [-0.2, 0) is 11.8 Å². The minimum Gasteiger partial charge on any atom is -0.309 e. The molecule has 1 atom stereocenters. The number of aromatic nitrogens is 1. The second-order valence-electron chi connectivity index (χ2n) is 11.9. The molecule has 0 saturated heterocycles. The van der Waals surface area contributed by atoms with E-state index >= 15 is 0 Å². The maximum atomic E-state index is 2.57. The van der Waals surface area contributed by atoms with E-state index < -0.39 is 5.41 Å². The molecule has 3 heterocycles. The minimum atomic E-state index is -0.491. The van der Waals surface area contributed by atoms with Crippen molar-refractivity contribution in [2.75, 3.05) is 6.26 Å². The van der Waals surface area contributed by atoms with Crippen LogP contribution in [0.5, 0.6) is 0 Å². The summed E-state index contributed by atoms with van der Waals surface area (Å²) < 4.78 is 5.25. The van der Waals surface area contributed by atoms with Crippen LogP contribution in [0.2, 0.25) is 0 Å². The van der Waals surface area contributed by atoms with Crippen LogP contribution in [0.3, 0.4) is 0 Å². The number of hydrogen-bond acceptors (Lipinski definition) is 2. The Morgan fingerprint density at radius 2 is 1.32 bits per heavy atom. The second kappa shape index (κ2) is 9.85. The molecule has 44 heavy (non-hydrogen) atoms. The summed E-state index contributed by atoms with van der Waals surface area (Å²) >= 11 is 3.78. The molecular formula is C41H31NS2. The van der Waals surface area contributed by atoms with E-state index in [1.807, 2.05) is 23.1 Å². The number of hydrogen-bond donors (Lipinski definition) is 0.